The van der Waals surface area contributed by atoms with Crippen LogP contribution in [0.25, 0.3) is 0 Å². The van der Waals surface area contributed by atoms with Crippen LogP contribution in [0, 0.1) is 0 Å². The van der Waals surface area contributed by atoms with E-state index in [0.717, 1.165) is 13.0 Å². The molecule has 0 aromatic heterocycles. The van der Waals surface area contributed by atoms with E-state index in [4.69, 9.17) is 5.11 Å². The molecule has 0 radical (unpaired) electrons. The molecule has 0 fully saturated rings. The van der Waals surface area contributed by atoms with Gasteiger partial charge in [-0.2, -0.15) is 11.8 Å². The third kappa shape index (κ3) is 9.61. The molecule has 0 aromatic rings. The fourth-order valence-corrected chi connectivity index (χ4v) is 1.91. The maximum absolute atomic E-state index is 11.7. The molecule has 0 aliphatic carbocycles. The van der Waals surface area contributed by atoms with Gasteiger partial charge in [0.15, 0.2) is 0 Å². The molecule has 0 bridgehead atoms. The van der Waals surface area contributed by atoms with E-state index in [-0.39, 0.29) is 6.04 Å². The topological polar surface area (TPSA) is 81.7 Å². The molecule has 7 heteroatoms. The third-order valence-corrected chi connectivity index (χ3v) is 3.24. The number of amides is 2. The summed E-state index contributed by atoms with van der Waals surface area (Å²) in [4.78, 5) is 24.7. The van der Waals surface area contributed by atoms with E-state index in [0.29, 0.717) is 12.2 Å². The number of hydrogen-bond acceptors (Lipinski definition) is 4. The van der Waals surface area contributed by atoms with Crippen molar-refractivity contribution in [3.63, 3.8) is 0 Å². The number of nitrogens with one attached hydrogen (secondary N) is 2. The van der Waals surface area contributed by atoms with Gasteiger partial charge in [-0.1, -0.05) is 0 Å². The molecule has 0 saturated heterocycles. The number of nitrogens with zero attached hydrogens (tertiary/aromatic N) is 1. The number of carbonyl (C=O) groups is 2. The van der Waals surface area contributed by atoms with Crippen LogP contribution in [-0.4, -0.2) is 66.7 Å². The molecule has 0 aliphatic heterocycles. The van der Waals surface area contributed by atoms with E-state index in [1.54, 1.807) is 11.8 Å². The lowest BCUT2D eigenvalue weighted by molar-refractivity contribution is -0.139. The van der Waals surface area contributed by atoms with Gasteiger partial charge in [-0.25, -0.2) is 9.59 Å². The molecule has 0 rings (SSSR count). The molecule has 6 nitrogen and oxygen atoms in total. The fourth-order valence-electron chi connectivity index (χ4n) is 1.44. The van der Waals surface area contributed by atoms with Crippen molar-refractivity contribution >= 4 is 23.8 Å². The lowest BCUT2D eigenvalue weighted by atomic mass is 10.2. The summed E-state index contributed by atoms with van der Waals surface area (Å²) in [6, 6.07) is -1.23. The zero-order chi connectivity index (χ0) is 14.8. The van der Waals surface area contributed by atoms with E-state index < -0.39 is 18.0 Å². The SMILES string of the molecule is CSCCC(NC(=O)NC(C)CCN(C)C)C(=O)O. The van der Waals surface area contributed by atoms with Gasteiger partial charge in [0.05, 0.1) is 0 Å². The van der Waals surface area contributed by atoms with E-state index in [9.17, 15) is 9.59 Å². The lowest BCUT2D eigenvalue weighted by Crippen LogP contribution is -2.49. The molecule has 0 saturated carbocycles. The van der Waals surface area contributed by atoms with Gasteiger partial charge < -0.3 is 20.6 Å². The van der Waals surface area contributed by atoms with Gasteiger partial charge in [0, 0.05) is 6.04 Å². The van der Waals surface area contributed by atoms with Crippen LogP contribution in [0.15, 0.2) is 0 Å². The first-order chi connectivity index (χ1) is 8.86. The van der Waals surface area contributed by atoms with Gasteiger partial charge in [-0.3, -0.25) is 0 Å². The Morgan fingerprint density at radius 1 is 1.26 bits per heavy atom. The minimum absolute atomic E-state index is 0.0115. The Morgan fingerprint density at radius 3 is 2.37 bits per heavy atom. The molecular formula is C12H25N3O3S. The Hall–Kier alpha value is -0.950. The highest BCUT2D eigenvalue weighted by Crippen LogP contribution is 2.01. The van der Waals surface area contributed by atoms with Gasteiger partial charge in [-0.05, 0) is 52.4 Å². The molecule has 2 amide bonds. The first-order valence-corrected chi connectivity index (χ1v) is 7.69. The molecule has 3 N–H and O–H groups in total. The van der Waals surface area contributed by atoms with E-state index in [1.165, 1.54) is 0 Å². The summed E-state index contributed by atoms with van der Waals surface area (Å²) in [6.07, 6.45) is 3.15. The van der Waals surface area contributed by atoms with Gasteiger partial charge in [-0.15, -0.1) is 0 Å². The molecule has 0 aliphatic rings. The summed E-state index contributed by atoms with van der Waals surface area (Å²) in [5.74, 6) is -0.293. The molecule has 0 aromatic carbocycles. The number of carboxylic acids is 1. The fraction of sp³-hybridized carbons (Fsp3) is 0.833. The maximum Gasteiger partial charge on any atom is 0.326 e. The van der Waals surface area contributed by atoms with Gasteiger partial charge in [0.1, 0.15) is 6.04 Å². The average Bonchev–Trinajstić information content (AvgIpc) is 2.31. The molecule has 2 atom stereocenters. The van der Waals surface area contributed by atoms with Crippen LogP contribution in [0.4, 0.5) is 4.79 Å². The van der Waals surface area contributed by atoms with Crippen molar-refractivity contribution < 1.29 is 14.7 Å². The zero-order valence-corrected chi connectivity index (χ0v) is 12.9. The predicted octanol–water partition coefficient (Wildman–Crippen LogP) is 0.832. The van der Waals surface area contributed by atoms with Crippen LogP contribution in [0.2, 0.25) is 0 Å². The van der Waals surface area contributed by atoms with Crippen LogP contribution in [0.1, 0.15) is 19.8 Å². The molecule has 112 valence electrons. The van der Waals surface area contributed by atoms with E-state index >= 15 is 0 Å². The second-order valence-electron chi connectivity index (χ2n) is 4.78. The van der Waals surface area contributed by atoms with Crippen LogP contribution in [0.3, 0.4) is 0 Å². The van der Waals surface area contributed by atoms with Crippen molar-refractivity contribution in [1.29, 1.82) is 0 Å². The standard InChI is InChI=1S/C12H25N3O3S/c1-9(5-7-15(2)3)13-12(18)14-10(11(16)17)6-8-19-4/h9-10H,5-8H2,1-4H3,(H,16,17)(H2,13,14,18). The Balaban J connectivity index is 4.07. The number of thioether (sulfide) groups is 1. The monoisotopic (exact) mass is 291 g/mol. The van der Waals surface area contributed by atoms with Crippen molar-refractivity contribution in [3.8, 4) is 0 Å². The Kier molecular flexibility index (Phi) is 9.42. The molecule has 0 spiro atoms. The van der Waals surface area contributed by atoms with E-state index in [1.807, 2.05) is 32.2 Å². The highest BCUT2D eigenvalue weighted by atomic mass is 32.2. The van der Waals surface area contributed by atoms with Crippen molar-refractivity contribution in [1.82, 2.24) is 15.5 Å². The molecule has 0 heterocycles. The third-order valence-electron chi connectivity index (χ3n) is 2.60. The lowest BCUT2D eigenvalue weighted by Gasteiger charge is -2.19. The zero-order valence-electron chi connectivity index (χ0n) is 12.1. The quantitative estimate of drug-likeness (QED) is 0.586. The Bertz CT molecular complexity index is 287. The van der Waals surface area contributed by atoms with Crippen LogP contribution in [-0.2, 0) is 4.79 Å². The number of aliphatic carboxylic acids is 1. The van der Waals surface area contributed by atoms with Crippen molar-refractivity contribution in [2.24, 2.45) is 0 Å². The summed E-state index contributed by atoms with van der Waals surface area (Å²) in [5, 5.41) is 14.2. The number of carbonyl (C=O) groups excluding carboxylic acids is 1. The van der Waals surface area contributed by atoms with Crippen molar-refractivity contribution in [2.45, 2.75) is 31.8 Å². The summed E-state index contributed by atoms with van der Waals surface area (Å²) >= 11 is 1.56. The first-order valence-electron chi connectivity index (χ1n) is 6.30. The number of rotatable bonds is 9. The van der Waals surface area contributed by atoms with Crippen LogP contribution >= 0.6 is 11.8 Å². The molecule has 19 heavy (non-hydrogen) atoms. The normalized spacial score (nSPS) is 13.9. The van der Waals surface area contributed by atoms with Gasteiger partial charge in [0.2, 0.25) is 0 Å². The van der Waals surface area contributed by atoms with Gasteiger partial charge >= 0.3 is 12.0 Å². The average molecular weight is 291 g/mol. The summed E-state index contributed by atoms with van der Waals surface area (Å²) in [7, 11) is 3.94. The Morgan fingerprint density at radius 2 is 1.89 bits per heavy atom. The van der Waals surface area contributed by atoms with Crippen molar-refractivity contribution in [2.75, 3.05) is 32.6 Å². The van der Waals surface area contributed by atoms with Crippen LogP contribution < -0.4 is 10.6 Å². The second kappa shape index (κ2) is 9.91. The predicted molar refractivity (Wildman–Crippen MR) is 78.7 cm³/mol. The highest BCUT2D eigenvalue weighted by molar-refractivity contribution is 7.98. The number of carboxylic acid groups (broad SMARTS) is 1. The minimum Gasteiger partial charge on any atom is -0.480 e. The second-order valence-corrected chi connectivity index (χ2v) is 5.77. The largest absolute Gasteiger partial charge is 0.480 e. The molecular weight excluding hydrogens is 266 g/mol. The number of urea groups is 1. The Labute approximate surface area is 119 Å². The molecule has 2 unspecified atom stereocenters. The maximum atomic E-state index is 11.7. The van der Waals surface area contributed by atoms with Gasteiger partial charge in [0.25, 0.3) is 0 Å². The van der Waals surface area contributed by atoms with Crippen molar-refractivity contribution in [3.05, 3.63) is 0 Å². The first kappa shape index (κ1) is 18.0. The minimum atomic E-state index is -0.995. The van der Waals surface area contributed by atoms with Crippen LogP contribution in [0.5, 0.6) is 0 Å². The summed E-state index contributed by atoms with van der Waals surface area (Å²) in [6.45, 7) is 2.77. The summed E-state index contributed by atoms with van der Waals surface area (Å²) in [5.41, 5.74) is 0. The highest BCUT2D eigenvalue weighted by Gasteiger charge is 2.19. The van der Waals surface area contributed by atoms with E-state index in [2.05, 4.69) is 10.6 Å². The smallest absolute Gasteiger partial charge is 0.326 e. The number of hydrogen-bond donors (Lipinski definition) is 3. The summed E-state index contributed by atoms with van der Waals surface area (Å²) < 4.78 is 0.